The lowest BCUT2D eigenvalue weighted by molar-refractivity contribution is -0.137. The molecule has 0 radical (unpaired) electrons. The predicted octanol–water partition coefficient (Wildman–Crippen LogP) is 3.15. The third kappa shape index (κ3) is 2.69. The third-order valence-electron chi connectivity index (χ3n) is 5.18. The molecule has 2 aliphatic rings. The highest BCUT2D eigenvalue weighted by atomic mass is 19.4. The molecule has 2 fully saturated rings. The second-order valence-corrected chi connectivity index (χ2v) is 6.29. The minimum absolute atomic E-state index is 0.165. The Kier molecular flexibility index (Phi) is 3.74. The Labute approximate surface area is 122 Å². The molecular formula is C16H20F3NO. The summed E-state index contributed by atoms with van der Waals surface area (Å²) in [5.74, 6) is 0.921. The summed E-state index contributed by atoms with van der Waals surface area (Å²) < 4.78 is 38.4. The van der Waals surface area contributed by atoms with Crippen LogP contribution >= 0.6 is 0 Å². The molecule has 4 atom stereocenters. The van der Waals surface area contributed by atoms with Crippen molar-refractivity contribution in [3.63, 3.8) is 0 Å². The molecule has 21 heavy (non-hydrogen) atoms. The van der Waals surface area contributed by atoms with Crippen LogP contribution in [0.3, 0.4) is 0 Å². The minimum Gasteiger partial charge on any atom is -0.392 e. The van der Waals surface area contributed by atoms with Crippen LogP contribution in [-0.2, 0) is 6.18 Å². The number of nitrogens with two attached hydrogens (primary N) is 1. The topological polar surface area (TPSA) is 46.2 Å². The smallest absolute Gasteiger partial charge is 0.392 e. The van der Waals surface area contributed by atoms with Gasteiger partial charge in [-0.25, -0.2) is 0 Å². The molecule has 0 aromatic heterocycles. The van der Waals surface area contributed by atoms with Gasteiger partial charge in [0.25, 0.3) is 0 Å². The summed E-state index contributed by atoms with van der Waals surface area (Å²) in [4.78, 5) is 0. The van der Waals surface area contributed by atoms with Crippen LogP contribution in [0.4, 0.5) is 13.2 Å². The maximum Gasteiger partial charge on any atom is 0.416 e. The van der Waals surface area contributed by atoms with E-state index >= 15 is 0 Å². The molecule has 1 aromatic rings. The van der Waals surface area contributed by atoms with Crippen LogP contribution < -0.4 is 5.73 Å². The Morgan fingerprint density at radius 2 is 1.90 bits per heavy atom. The Balaban J connectivity index is 1.80. The van der Waals surface area contributed by atoms with Crippen LogP contribution in [0.25, 0.3) is 0 Å². The summed E-state index contributed by atoms with van der Waals surface area (Å²) in [5.41, 5.74) is 5.55. The van der Waals surface area contributed by atoms with Gasteiger partial charge < -0.3 is 10.8 Å². The fraction of sp³-hybridized carbons (Fsp3) is 0.625. The van der Waals surface area contributed by atoms with E-state index in [1.54, 1.807) is 6.07 Å². The number of halogens is 3. The minimum atomic E-state index is -4.36. The molecule has 0 amide bonds. The number of fused-ring (bicyclic) bond motifs is 1. The number of hydrogen-bond donors (Lipinski definition) is 2. The van der Waals surface area contributed by atoms with Crippen molar-refractivity contribution in [2.75, 3.05) is 6.54 Å². The number of aliphatic hydroxyl groups excluding tert-OH is 1. The van der Waals surface area contributed by atoms with E-state index in [1.807, 2.05) is 0 Å². The van der Waals surface area contributed by atoms with Gasteiger partial charge in [-0.2, -0.15) is 13.2 Å². The molecule has 4 unspecified atom stereocenters. The van der Waals surface area contributed by atoms with Gasteiger partial charge >= 0.3 is 6.18 Å². The summed E-state index contributed by atoms with van der Waals surface area (Å²) in [5, 5.41) is 10.5. The van der Waals surface area contributed by atoms with Crippen LogP contribution in [0.2, 0.25) is 0 Å². The molecular weight excluding hydrogens is 279 g/mol. The first kappa shape index (κ1) is 14.9. The highest BCUT2D eigenvalue weighted by Gasteiger charge is 2.56. The van der Waals surface area contributed by atoms with E-state index in [-0.39, 0.29) is 12.5 Å². The van der Waals surface area contributed by atoms with Gasteiger partial charge in [0.05, 0.1) is 11.7 Å². The van der Waals surface area contributed by atoms with Crippen molar-refractivity contribution in [1.29, 1.82) is 0 Å². The van der Waals surface area contributed by atoms with E-state index in [0.29, 0.717) is 17.4 Å². The summed E-state index contributed by atoms with van der Waals surface area (Å²) in [6.45, 7) is 0.165. The Bertz CT molecular complexity index is 506. The highest BCUT2D eigenvalue weighted by molar-refractivity contribution is 5.30. The van der Waals surface area contributed by atoms with Gasteiger partial charge in [-0.15, -0.1) is 0 Å². The van der Waals surface area contributed by atoms with Gasteiger partial charge in [0.2, 0.25) is 0 Å². The van der Waals surface area contributed by atoms with Crippen LogP contribution in [0, 0.1) is 17.8 Å². The maximum absolute atomic E-state index is 12.8. The first-order valence-electron chi connectivity index (χ1n) is 7.48. The molecule has 5 heteroatoms. The summed E-state index contributed by atoms with van der Waals surface area (Å²) >= 11 is 0. The summed E-state index contributed by atoms with van der Waals surface area (Å²) in [6, 6.07) is 5.20. The monoisotopic (exact) mass is 299 g/mol. The van der Waals surface area contributed by atoms with Crippen molar-refractivity contribution >= 4 is 0 Å². The Morgan fingerprint density at radius 3 is 2.48 bits per heavy atom. The van der Waals surface area contributed by atoms with Gasteiger partial charge in [-0.05, 0) is 42.2 Å². The first-order valence-corrected chi connectivity index (χ1v) is 7.48. The molecule has 3 rings (SSSR count). The number of hydrogen-bond acceptors (Lipinski definition) is 2. The highest BCUT2D eigenvalue weighted by Crippen LogP contribution is 2.60. The predicted molar refractivity (Wildman–Crippen MR) is 73.6 cm³/mol. The number of benzene rings is 1. The zero-order valence-corrected chi connectivity index (χ0v) is 11.7. The standard InChI is InChI=1S/C16H20F3NO/c17-16(18,19)10-4-1-3-9(7-10)13(8-20)15(21)14-11-5-2-6-12(11)14/h1,3-4,7,11-15,21H,2,5-6,8,20H2. The molecule has 2 aliphatic carbocycles. The molecule has 0 aliphatic heterocycles. The van der Waals surface area contributed by atoms with E-state index in [4.69, 9.17) is 5.73 Å². The molecule has 2 saturated carbocycles. The average Bonchev–Trinajstić information content (AvgIpc) is 2.92. The van der Waals surface area contributed by atoms with E-state index < -0.39 is 23.8 Å². The van der Waals surface area contributed by atoms with Gasteiger partial charge in [-0.3, -0.25) is 0 Å². The molecule has 0 bridgehead atoms. The van der Waals surface area contributed by atoms with Crippen molar-refractivity contribution in [3.8, 4) is 0 Å². The number of aliphatic hydroxyl groups is 1. The van der Waals surface area contributed by atoms with Gasteiger partial charge in [-0.1, -0.05) is 24.6 Å². The lowest BCUT2D eigenvalue weighted by Crippen LogP contribution is -2.29. The average molecular weight is 299 g/mol. The van der Waals surface area contributed by atoms with Gasteiger partial charge in [0.1, 0.15) is 0 Å². The molecule has 3 N–H and O–H groups in total. The molecule has 0 saturated heterocycles. The zero-order valence-electron chi connectivity index (χ0n) is 11.7. The molecule has 0 spiro atoms. The molecule has 116 valence electrons. The molecule has 1 aromatic carbocycles. The lowest BCUT2D eigenvalue weighted by Gasteiger charge is -2.24. The normalized spacial score (nSPS) is 30.8. The van der Waals surface area contributed by atoms with Crippen molar-refractivity contribution in [2.45, 2.75) is 37.5 Å². The van der Waals surface area contributed by atoms with E-state index in [0.717, 1.165) is 25.0 Å². The second-order valence-electron chi connectivity index (χ2n) is 6.29. The summed E-state index contributed by atoms with van der Waals surface area (Å²) in [6.07, 6.45) is -1.53. The Morgan fingerprint density at radius 1 is 1.24 bits per heavy atom. The van der Waals surface area contributed by atoms with E-state index in [2.05, 4.69) is 0 Å². The van der Waals surface area contributed by atoms with Gasteiger partial charge in [0, 0.05) is 12.5 Å². The lowest BCUT2D eigenvalue weighted by atomic mass is 9.87. The van der Waals surface area contributed by atoms with Crippen LogP contribution in [0.5, 0.6) is 0 Å². The number of rotatable bonds is 4. The van der Waals surface area contributed by atoms with Crippen LogP contribution in [0.15, 0.2) is 24.3 Å². The van der Waals surface area contributed by atoms with Crippen LogP contribution in [-0.4, -0.2) is 17.8 Å². The molecule has 2 nitrogen and oxygen atoms in total. The largest absolute Gasteiger partial charge is 0.416 e. The maximum atomic E-state index is 12.8. The fourth-order valence-corrected chi connectivity index (χ4v) is 4.07. The van der Waals surface area contributed by atoms with E-state index in [1.165, 1.54) is 12.5 Å². The quantitative estimate of drug-likeness (QED) is 0.897. The van der Waals surface area contributed by atoms with Crippen molar-refractivity contribution in [3.05, 3.63) is 35.4 Å². The first-order chi connectivity index (χ1) is 9.93. The van der Waals surface area contributed by atoms with Crippen molar-refractivity contribution in [2.24, 2.45) is 23.5 Å². The Hall–Kier alpha value is -1.07. The molecule has 0 heterocycles. The van der Waals surface area contributed by atoms with Crippen molar-refractivity contribution < 1.29 is 18.3 Å². The van der Waals surface area contributed by atoms with E-state index in [9.17, 15) is 18.3 Å². The third-order valence-corrected chi connectivity index (χ3v) is 5.18. The van der Waals surface area contributed by atoms with Crippen molar-refractivity contribution in [1.82, 2.24) is 0 Å². The zero-order chi connectivity index (χ0) is 15.2. The van der Waals surface area contributed by atoms with Gasteiger partial charge in [0.15, 0.2) is 0 Å². The SMILES string of the molecule is NCC(c1cccc(C(F)(F)F)c1)C(O)C1C2CCCC21. The van der Waals surface area contributed by atoms with Crippen LogP contribution in [0.1, 0.15) is 36.3 Å². The summed E-state index contributed by atoms with van der Waals surface area (Å²) in [7, 11) is 0. The fourth-order valence-electron chi connectivity index (χ4n) is 4.07. The second kappa shape index (κ2) is 5.29. The number of alkyl halides is 3.